The zero-order chi connectivity index (χ0) is 16.9. The van der Waals surface area contributed by atoms with Gasteiger partial charge >= 0.3 is 0 Å². The third kappa shape index (κ3) is 3.76. The van der Waals surface area contributed by atoms with Crippen LogP contribution < -0.4 is 20.9 Å². The minimum atomic E-state index is 0.572. The normalized spacial score (nSPS) is 14.8. The van der Waals surface area contributed by atoms with Gasteiger partial charge < -0.3 is 20.9 Å². The van der Waals surface area contributed by atoms with Gasteiger partial charge in [0.05, 0.1) is 0 Å². The van der Waals surface area contributed by atoms with Gasteiger partial charge in [-0.3, -0.25) is 0 Å². The summed E-state index contributed by atoms with van der Waals surface area (Å²) in [7, 11) is 0. The molecule has 0 spiro atoms. The Morgan fingerprint density at radius 2 is 1.83 bits per heavy atom. The van der Waals surface area contributed by atoms with E-state index in [-0.39, 0.29) is 0 Å². The summed E-state index contributed by atoms with van der Waals surface area (Å²) < 4.78 is 0. The third-order valence-corrected chi connectivity index (χ3v) is 4.36. The topological polar surface area (TPSA) is 70.3 Å². The van der Waals surface area contributed by atoms with Crippen LogP contribution in [0.1, 0.15) is 11.1 Å². The van der Waals surface area contributed by atoms with E-state index in [9.17, 15) is 0 Å². The number of nitrogens with zero attached hydrogens (tertiary/aromatic N) is 4. The maximum atomic E-state index is 5.52. The van der Waals surface area contributed by atoms with Crippen LogP contribution in [-0.4, -0.2) is 49.2 Å². The second kappa shape index (κ2) is 7.49. The number of hydrogen-bond donors (Lipinski definition) is 2. The molecule has 128 valence electrons. The van der Waals surface area contributed by atoms with E-state index < -0.39 is 0 Å². The number of nitrogens with two attached hydrogens (primary N) is 1. The predicted molar refractivity (Wildman–Crippen MR) is 99.9 cm³/mol. The fraction of sp³-hybridized carbons (Fsp3) is 0.444. The quantitative estimate of drug-likeness (QED) is 0.873. The average Bonchev–Trinajstić information content (AvgIpc) is 2.60. The lowest BCUT2D eigenvalue weighted by atomic mass is 10.1. The minimum absolute atomic E-state index is 0.572. The molecule has 1 aromatic heterocycles. The summed E-state index contributed by atoms with van der Waals surface area (Å²) in [5.41, 5.74) is 9.52. The molecule has 1 aromatic carbocycles. The molecule has 2 aromatic rings. The molecule has 1 fully saturated rings. The smallest absolute Gasteiger partial charge is 0.224 e. The molecule has 2 heterocycles. The molecule has 1 saturated heterocycles. The molecule has 0 saturated carbocycles. The lowest BCUT2D eigenvalue weighted by Gasteiger charge is -2.37. The Morgan fingerprint density at radius 3 is 2.54 bits per heavy atom. The standard InChI is InChI=1S/C18H26N6/c1-14-3-4-16(15(2)13-14)23-9-11-24(12-10-23)17-5-7-20-18(22-17)21-8-6-19/h3-5,7,13H,6,8-12,19H2,1-2H3,(H,20,21,22). The second-order valence-corrected chi connectivity index (χ2v) is 6.22. The molecule has 1 aliphatic rings. The first-order valence-electron chi connectivity index (χ1n) is 8.51. The molecular weight excluding hydrogens is 300 g/mol. The van der Waals surface area contributed by atoms with Crippen LogP contribution in [-0.2, 0) is 0 Å². The molecule has 6 nitrogen and oxygen atoms in total. The second-order valence-electron chi connectivity index (χ2n) is 6.22. The van der Waals surface area contributed by atoms with Gasteiger partial charge in [-0.1, -0.05) is 17.7 Å². The summed E-state index contributed by atoms with van der Waals surface area (Å²) in [4.78, 5) is 13.6. The fourth-order valence-corrected chi connectivity index (χ4v) is 3.13. The van der Waals surface area contributed by atoms with Crippen LogP contribution in [0.15, 0.2) is 30.5 Å². The SMILES string of the molecule is Cc1ccc(N2CCN(c3ccnc(NCCN)n3)CC2)c(C)c1. The maximum Gasteiger partial charge on any atom is 0.224 e. The highest BCUT2D eigenvalue weighted by Gasteiger charge is 2.19. The predicted octanol–water partition coefficient (Wildman–Crippen LogP) is 1.79. The van der Waals surface area contributed by atoms with Gasteiger partial charge in [0.2, 0.25) is 5.95 Å². The molecule has 0 radical (unpaired) electrons. The Bertz CT molecular complexity index is 679. The number of piperazine rings is 1. The zero-order valence-electron chi connectivity index (χ0n) is 14.5. The Kier molecular flexibility index (Phi) is 5.15. The molecule has 24 heavy (non-hydrogen) atoms. The Labute approximate surface area is 143 Å². The van der Waals surface area contributed by atoms with E-state index in [0.717, 1.165) is 32.0 Å². The van der Waals surface area contributed by atoms with Gasteiger partial charge in [0.25, 0.3) is 0 Å². The molecule has 0 bridgehead atoms. The van der Waals surface area contributed by atoms with Crippen molar-refractivity contribution < 1.29 is 0 Å². The van der Waals surface area contributed by atoms with Crippen molar-refractivity contribution in [1.29, 1.82) is 0 Å². The van der Waals surface area contributed by atoms with Crippen molar-refractivity contribution in [2.24, 2.45) is 5.73 Å². The minimum Gasteiger partial charge on any atom is -0.368 e. The van der Waals surface area contributed by atoms with Crippen LogP contribution in [0, 0.1) is 13.8 Å². The summed E-state index contributed by atoms with van der Waals surface area (Å²) in [6.45, 7) is 9.50. The van der Waals surface area contributed by atoms with Crippen molar-refractivity contribution in [3.05, 3.63) is 41.6 Å². The lowest BCUT2D eigenvalue weighted by molar-refractivity contribution is 0.646. The molecule has 3 N–H and O–H groups in total. The van der Waals surface area contributed by atoms with Gasteiger partial charge in [0.15, 0.2) is 0 Å². The zero-order valence-corrected chi connectivity index (χ0v) is 14.5. The van der Waals surface area contributed by atoms with Crippen LogP contribution >= 0.6 is 0 Å². The van der Waals surface area contributed by atoms with Gasteiger partial charge in [-0.05, 0) is 31.5 Å². The first kappa shape index (κ1) is 16.5. The summed E-state index contributed by atoms with van der Waals surface area (Å²) >= 11 is 0. The monoisotopic (exact) mass is 326 g/mol. The lowest BCUT2D eigenvalue weighted by Crippen LogP contribution is -2.47. The molecule has 1 aliphatic heterocycles. The molecule has 0 amide bonds. The van der Waals surface area contributed by atoms with E-state index in [2.05, 4.69) is 57.1 Å². The highest BCUT2D eigenvalue weighted by atomic mass is 15.3. The van der Waals surface area contributed by atoms with Crippen molar-refractivity contribution in [2.45, 2.75) is 13.8 Å². The van der Waals surface area contributed by atoms with Gasteiger partial charge in [-0.2, -0.15) is 4.98 Å². The van der Waals surface area contributed by atoms with Crippen LogP contribution in [0.3, 0.4) is 0 Å². The van der Waals surface area contributed by atoms with Crippen molar-refractivity contribution in [3.63, 3.8) is 0 Å². The van der Waals surface area contributed by atoms with Crippen molar-refractivity contribution in [3.8, 4) is 0 Å². The number of anilines is 3. The molecular formula is C18H26N6. The van der Waals surface area contributed by atoms with E-state index in [1.807, 2.05) is 6.07 Å². The number of nitrogens with one attached hydrogen (secondary N) is 1. The number of rotatable bonds is 5. The molecule has 6 heteroatoms. The van der Waals surface area contributed by atoms with E-state index in [4.69, 9.17) is 5.73 Å². The van der Waals surface area contributed by atoms with Gasteiger partial charge in [0.1, 0.15) is 5.82 Å². The summed E-state index contributed by atoms with van der Waals surface area (Å²) in [5, 5.41) is 3.14. The van der Waals surface area contributed by atoms with Crippen molar-refractivity contribution in [1.82, 2.24) is 9.97 Å². The largest absolute Gasteiger partial charge is 0.368 e. The van der Waals surface area contributed by atoms with Crippen molar-refractivity contribution in [2.75, 3.05) is 54.4 Å². The fourth-order valence-electron chi connectivity index (χ4n) is 3.13. The summed E-state index contributed by atoms with van der Waals surface area (Å²) in [6.07, 6.45) is 1.80. The average molecular weight is 326 g/mol. The van der Waals surface area contributed by atoms with E-state index in [1.54, 1.807) is 6.20 Å². The van der Waals surface area contributed by atoms with Crippen LogP contribution in [0.25, 0.3) is 0 Å². The Morgan fingerprint density at radius 1 is 1.08 bits per heavy atom. The molecule has 0 aliphatic carbocycles. The van der Waals surface area contributed by atoms with E-state index in [1.165, 1.54) is 16.8 Å². The van der Waals surface area contributed by atoms with E-state index >= 15 is 0 Å². The van der Waals surface area contributed by atoms with Gasteiger partial charge in [-0.25, -0.2) is 4.98 Å². The number of aromatic nitrogens is 2. The molecule has 3 rings (SSSR count). The first-order chi connectivity index (χ1) is 11.7. The molecule has 0 atom stereocenters. The number of aryl methyl sites for hydroxylation is 2. The maximum absolute atomic E-state index is 5.52. The summed E-state index contributed by atoms with van der Waals surface area (Å²) in [5.74, 6) is 1.62. The highest BCUT2D eigenvalue weighted by Crippen LogP contribution is 2.23. The number of benzene rings is 1. The Balaban J connectivity index is 1.64. The van der Waals surface area contributed by atoms with E-state index in [0.29, 0.717) is 19.0 Å². The first-order valence-corrected chi connectivity index (χ1v) is 8.51. The van der Waals surface area contributed by atoms with Gasteiger partial charge in [-0.15, -0.1) is 0 Å². The van der Waals surface area contributed by atoms with Crippen LogP contribution in [0.4, 0.5) is 17.5 Å². The van der Waals surface area contributed by atoms with Crippen LogP contribution in [0.2, 0.25) is 0 Å². The molecule has 0 unspecified atom stereocenters. The van der Waals surface area contributed by atoms with Gasteiger partial charge in [0, 0.05) is 51.2 Å². The summed E-state index contributed by atoms with van der Waals surface area (Å²) in [6, 6.07) is 8.65. The highest BCUT2D eigenvalue weighted by molar-refractivity contribution is 5.56. The van der Waals surface area contributed by atoms with Crippen molar-refractivity contribution >= 4 is 17.5 Å². The Hall–Kier alpha value is -2.34. The number of hydrogen-bond acceptors (Lipinski definition) is 6. The van der Waals surface area contributed by atoms with Crippen LogP contribution in [0.5, 0.6) is 0 Å². The third-order valence-electron chi connectivity index (χ3n) is 4.36.